The van der Waals surface area contributed by atoms with Crippen LogP contribution in [0.2, 0.25) is 0 Å². The molecule has 13 heteroatoms. The van der Waals surface area contributed by atoms with Gasteiger partial charge in [-0.25, -0.2) is 18.4 Å². The largest absolute Gasteiger partial charge is 0.494 e. The summed E-state index contributed by atoms with van der Waals surface area (Å²) in [7, 11) is 0.283. The van der Waals surface area contributed by atoms with Crippen LogP contribution in [0.1, 0.15) is 24.4 Å². The Labute approximate surface area is 255 Å². The van der Waals surface area contributed by atoms with Crippen molar-refractivity contribution in [2.75, 3.05) is 26.1 Å². The number of ether oxygens (including phenoxy) is 4. The van der Waals surface area contributed by atoms with Gasteiger partial charge in [0.2, 0.25) is 16.0 Å². The number of hydrogen-bond acceptors (Lipinski definition) is 10. The number of benzene rings is 3. The number of para-hydroxylation sites is 2. The number of methoxy groups -OCH3 is 3. The van der Waals surface area contributed by atoms with Crippen molar-refractivity contribution in [1.82, 2.24) is 24.7 Å². The average molecular weight is 617 g/mol. The zero-order valence-corrected chi connectivity index (χ0v) is 25.6. The lowest BCUT2D eigenvalue weighted by Crippen LogP contribution is -2.33. The predicted octanol–water partition coefficient (Wildman–Crippen LogP) is 5.36. The van der Waals surface area contributed by atoms with Crippen LogP contribution in [-0.4, -0.2) is 59.7 Å². The molecule has 0 amide bonds. The lowest BCUT2D eigenvalue weighted by atomic mass is 10.2. The van der Waals surface area contributed by atoms with Gasteiger partial charge in [0.15, 0.2) is 11.6 Å². The number of sulfonamides is 1. The number of nitrogens with zero attached hydrogens (tertiary/aromatic N) is 5. The van der Waals surface area contributed by atoms with Crippen molar-refractivity contribution in [3.05, 3.63) is 96.6 Å². The number of aromatic nitrogens is 5. The van der Waals surface area contributed by atoms with Crippen molar-refractivity contribution in [1.29, 1.82) is 0 Å². The fourth-order valence-electron chi connectivity index (χ4n) is 4.54. The third kappa shape index (κ3) is 6.33. The van der Waals surface area contributed by atoms with E-state index in [1.807, 2.05) is 37.3 Å². The highest BCUT2D eigenvalue weighted by Crippen LogP contribution is 2.38. The van der Waals surface area contributed by atoms with Crippen LogP contribution in [-0.2, 0) is 14.8 Å². The second kappa shape index (κ2) is 13.1. The number of aryl methyl sites for hydroxylation is 1. The molecule has 0 spiro atoms. The van der Waals surface area contributed by atoms with Gasteiger partial charge >= 0.3 is 0 Å². The van der Waals surface area contributed by atoms with E-state index in [1.165, 1.54) is 28.3 Å². The Kier molecular flexibility index (Phi) is 9.07. The van der Waals surface area contributed by atoms with E-state index in [4.69, 9.17) is 18.9 Å². The van der Waals surface area contributed by atoms with Gasteiger partial charge in [-0.15, -0.1) is 10.2 Å². The molecule has 2 atom stereocenters. The second-order valence-corrected chi connectivity index (χ2v) is 11.8. The van der Waals surface area contributed by atoms with E-state index in [0.29, 0.717) is 40.1 Å². The Balaban J connectivity index is 1.57. The summed E-state index contributed by atoms with van der Waals surface area (Å²) in [4.78, 5) is 8.55. The smallest absolute Gasteiger partial charge is 0.243 e. The summed E-state index contributed by atoms with van der Waals surface area (Å²) in [6, 6.07) is 21.8. The molecule has 228 valence electrons. The summed E-state index contributed by atoms with van der Waals surface area (Å²) in [5, 5.41) is 7.52. The van der Waals surface area contributed by atoms with Crippen LogP contribution in [0.15, 0.2) is 85.2 Å². The number of anilines is 1. The monoisotopic (exact) mass is 616 g/mol. The van der Waals surface area contributed by atoms with E-state index in [2.05, 4.69) is 24.9 Å². The first-order valence-corrected chi connectivity index (χ1v) is 15.1. The van der Waals surface area contributed by atoms with E-state index in [1.54, 1.807) is 59.4 Å². The molecule has 5 aromatic rings. The highest BCUT2D eigenvalue weighted by molar-refractivity contribution is 7.93. The molecule has 0 bridgehead atoms. The number of rotatable bonds is 12. The molecule has 0 fully saturated rings. The maximum Gasteiger partial charge on any atom is 0.243 e. The lowest BCUT2D eigenvalue weighted by Gasteiger charge is -2.23. The summed E-state index contributed by atoms with van der Waals surface area (Å²) in [6.45, 7) is 3.35. The van der Waals surface area contributed by atoms with E-state index >= 15 is 0 Å². The van der Waals surface area contributed by atoms with Crippen molar-refractivity contribution >= 4 is 16.0 Å². The van der Waals surface area contributed by atoms with Crippen LogP contribution in [0.4, 0.5) is 5.95 Å². The molecule has 0 saturated heterocycles. The van der Waals surface area contributed by atoms with Crippen LogP contribution in [0, 0.1) is 6.92 Å². The van der Waals surface area contributed by atoms with Crippen LogP contribution < -0.4 is 18.9 Å². The average Bonchev–Trinajstić information content (AvgIpc) is 3.44. The van der Waals surface area contributed by atoms with Gasteiger partial charge < -0.3 is 18.9 Å². The minimum atomic E-state index is -4.14. The first kappa shape index (κ1) is 30.4. The second-order valence-electron chi connectivity index (χ2n) is 9.76. The zero-order valence-electron chi connectivity index (χ0n) is 24.8. The Bertz CT molecular complexity index is 1790. The highest BCUT2D eigenvalue weighted by Gasteiger charge is 2.35. The molecule has 0 aliphatic rings. The van der Waals surface area contributed by atoms with E-state index in [9.17, 15) is 8.42 Å². The summed E-state index contributed by atoms with van der Waals surface area (Å²) in [6.07, 6.45) is 2.25. The normalized spacial score (nSPS) is 12.8. The maximum atomic E-state index is 13.8. The highest BCUT2D eigenvalue weighted by atomic mass is 32.2. The van der Waals surface area contributed by atoms with E-state index in [-0.39, 0.29) is 11.8 Å². The molecule has 1 N–H and O–H groups in total. The Morgan fingerprint density at radius 3 is 2.00 bits per heavy atom. The van der Waals surface area contributed by atoms with Gasteiger partial charge in [0.25, 0.3) is 0 Å². The third-order valence-electron chi connectivity index (χ3n) is 6.84. The molecule has 2 heterocycles. The van der Waals surface area contributed by atoms with Gasteiger partial charge in [-0.3, -0.25) is 9.29 Å². The van der Waals surface area contributed by atoms with Crippen molar-refractivity contribution in [2.24, 2.45) is 0 Å². The van der Waals surface area contributed by atoms with Crippen molar-refractivity contribution in [3.63, 3.8) is 0 Å². The minimum absolute atomic E-state index is 0.0843. The first-order valence-electron chi connectivity index (χ1n) is 13.6. The summed E-state index contributed by atoms with van der Waals surface area (Å²) < 4.78 is 54.5. The van der Waals surface area contributed by atoms with Crippen LogP contribution in [0.3, 0.4) is 0 Å². The molecule has 0 aliphatic carbocycles. The molecule has 0 radical (unpaired) electrons. The van der Waals surface area contributed by atoms with Crippen molar-refractivity contribution in [2.45, 2.75) is 25.2 Å². The molecule has 5 rings (SSSR count). The zero-order chi connectivity index (χ0) is 31.3. The molecule has 12 nitrogen and oxygen atoms in total. The van der Waals surface area contributed by atoms with Gasteiger partial charge in [0.1, 0.15) is 40.0 Å². The number of nitrogens with one attached hydrogen (secondary N) is 1. The van der Waals surface area contributed by atoms with Gasteiger partial charge in [0, 0.05) is 25.1 Å². The van der Waals surface area contributed by atoms with Crippen LogP contribution in [0.25, 0.3) is 17.1 Å². The quantitative estimate of drug-likeness (QED) is 0.195. The molecule has 44 heavy (non-hydrogen) atoms. The molecule has 0 aliphatic heterocycles. The Hall–Kier alpha value is -5.01. The molecule has 0 saturated carbocycles. The molecule has 2 aromatic heterocycles. The minimum Gasteiger partial charge on any atom is -0.494 e. The van der Waals surface area contributed by atoms with Gasteiger partial charge in [-0.05, 0) is 67.9 Å². The molecular formula is C31H32N6O6S. The molecular weight excluding hydrogens is 584 g/mol. The SMILES string of the molecule is COc1cccc(OC)c1-n1c(NS(=O)(=O)C(C)C(OC)c2ncc(C)cn2)nnc1-c1ccc(Oc2ccccc2)cc1. The van der Waals surface area contributed by atoms with Crippen LogP contribution >= 0.6 is 0 Å². The van der Waals surface area contributed by atoms with Gasteiger partial charge in [-0.1, -0.05) is 24.3 Å². The number of hydrogen-bond donors (Lipinski definition) is 1. The van der Waals surface area contributed by atoms with E-state index in [0.717, 1.165) is 5.56 Å². The Morgan fingerprint density at radius 2 is 1.41 bits per heavy atom. The van der Waals surface area contributed by atoms with Crippen LogP contribution in [0.5, 0.6) is 23.0 Å². The topological polar surface area (TPSA) is 140 Å². The Morgan fingerprint density at radius 1 is 0.795 bits per heavy atom. The van der Waals surface area contributed by atoms with Crippen molar-refractivity contribution in [3.8, 4) is 40.1 Å². The van der Waals surface area contributed by atoms with E-state index < -0.39 is 21.4 Å². The molecule has 3 aromatic carbocycles. The predicted molar refractivity (Wildman–Crippen MR) is 165 cm³/mol. The maximum absolute atomic E-state index is 13.8. The summed E-state index contributed by atoms with van der Waals surface area (Å²) in [5.74, 6) is 2.60. The lowest BCUT2D eigenvalue weighted by molar-refractivity contribution is 0.0949. The third-order valence-corrected chi connectivity index (χ3v) is 8.53. The van der Waals surface area contributed by atoms with Gasteiger partial charge in [-0.2, -0.15) is 0 Å². The molecule has 2 unspecified atom stereocenters. The summed E-state index contributed by atoms with van der Waals surface area (Å²) in [5.41, 5.74) is 1.87. The fraction of sp³-hybridized carbons (Fsp3) is 0.226. The summed E-state index contributed by atoms with van der Waals surface area (Å²) >= 11 is 0. The van der Waals surface area contributed by atoms with Crippen molar-refractivity contribution < 1.29 is 27.4 Å². The standard InChI is InChI=1S/C31H32N6O6S/c1-20-18-32-29(33-19-20)28(42-5)21(2)44(38,39)36-31-35-34-30(37(31)27-25(40-3)12-9-13-26(27)41-4)22-14-16-24(17-15-22)43-23-10-7-6-8-11-23/h6-19,21,28H,1-5H3,(H,35,36). The first-order chi connectivity index (χ1) is 21.2. The fourth-order valence-corrected chi connectivity index (χ4v) is 5.67. The van der Waals surface area contributed by atoms with Gasteiger partial charge in [0.05, 0.1) is 14.2 Å².